The lowest BCUT2D eigenvalue weighted by Gasteiger charge is -2.17. The number of nitrogens with zero attached hydrogens (tertiary/aromatic N) is 4. The minimum Gasteiger partial charge on any atom is -0.295 e. The van der Waals surface area contributed by atoms with Crippen LogP contribution in [0.3, 0.4) is 0 Å². The van der Waals surface area contributed by atoms with E-state index in [1.165, 1.54) is 23.2 Å². The highest BCUT2D eigenvalue weighted by Crippen LogP contribution is 2.31. The highest BCUT2D eigenvalue weighted by Gasteiger charge is 2.30. The van der Waals surface area contributed by atoms with Crippen molar-refractivity contribution < 1.29 is 18.0 Å². The predicted molar refractivity (Wildman–Crippen MR) is 107 cm³/mol. The molecule has 1 amide bonds. The Labute approximate surface area is 170 Å². The smallest absolute Gasteiger partial charge is 0.295 e. The van der Waals surface area contributed by atoms with Gasteiger partial charge in [-0.3, -0.25) is 14.1 Å². The average molecular weight is 410 g/mol. The lowest BCUT2D eigenvalue weighted by atomic mass is 10.1. The minimum atomic E-state index is -4.39. The second kappa shape index (κ2) is 7.29. The van der Waals surface area contributed by atoms with Crippen LogP contribution < -0.4 is 4.90 Å². The summed E-state index contributed by atoms with van der Waals surface area (Å²) in [7, 11) is 1.62. The number of carbonyl (C=O) groups excluding carboxylic acids is 1. The molecule has 2 aromatic heterocycles. The largest absolute Gasteiger partial charge is 0.416 e. The molecule has 0 unspecified atom stereocenters. The Morgan fingerprint density at radius 3 is 2.27 bits per heavy atom. The van der Waals surface area contributed by atoms with E-state index in [-0.39, 0.29) is 5.91 Å². The normalized spacial score (nSPS) is 11.6. The molecule has 152 valence electrons. The van der Waals surface area contributed by atoms with Crippen LogP contribution in [0.25, 0.3) is 16.9 Å². The number of hydrogen-bond acceptors (Lipinski definition) is 3. The van der Waals surface area contributed by atoms with Gasteiger partial charge in [-0.25, -0.2) is 9.97 Å². The fourth-order valence-corrected chi connectivity index (χ4v) is 3.09. The maximum atomic E-state index is 12.8. The van der Waals surface area contributed by atoms with Crippen molar-refractivity contribution in [2.75, 3.05) is 11.9 Å². The molecule has 4 aromatic rings. The van der Waals surface area contributed by atoms with Crippen molar-refractivity contribution >= 4 is 17.4 Å². The molecule has 8 heteroatoms. The van der Waals surface area contributed by atoms with Gasteiger partial charge in [0.05, 0.1) is 29.8 Å². The first kappa shape index (κ1) is 19.6. The molecule has 0 bridgehead atoms. The van der Waals surface area contributed by atoms with Crippen molar-refractivity contribution in [3.63, 3.8) is 0 Å². The third-order valence-electron chi connectivity index (χ3n) is 4.84. The second-order valence-electron chi connectivity index (χ2n) is 6.92. The summed E-state index contributed by atoms with van der Waals surface area (Å²) >= 11 is 0. The number of anilines is 1. The first-order valence-electron chi connectivity index (χ1n) is 9.09. The highest BCUT2D eigenvalue weighted by molar-refractivity contribution is 6.05. The van der Waals surface area contributed by atoms with E-state index in [2.05, 4.69) is 9.97 Å². The van der Waals surface area contributed by atoms with Crippen molar-refractivity contribution in [3.8, 4) is 11.3 Å². The number of rotatable bonds is 3. The second-order valence-corrected chi connectivity index (χ2v) is 6.92. The Morgan fingerprint density at radius 2 is 1.63 bits per heavy atom. The fraction of sp³-hybridized carbons (Fsp3) is 0.136. The molecule has 30 heavy (non-hydrogen) atoms. The molecular weight excluding hydrogens is 393 g/mol. The van der Waals surface area contributed by atoms with Crippen LogP contribution in [0.2, 0.25) is 0 Å². The first-order valence-corrected chi connectivity index (χ1v) is 9.09. The number of imidazole rings is 1. The van der Waals surface area contributed by atoms with Crippen molar-refractivity contribution in [2.24, 2.45) is 0 Å². The summed E-state index contributed by atoms with van der Waals surface area (Å²) in [6.45, 7) is 1.94. The fourth-order valence-electron chi connectivity index (χ4n) is 3.09. The van der Waals surface area contributed by atoms with E-state index in [4.69, 9.17) is 0 Å². The molecule has 0 spiro atoms. The van der Waals surface area contributed by atoms with Gasteiger partial charge < -0.3 is 0 Å². The van der Waals surface area contributed by atoms with Gasteiger partial charge in [-0.1, -0.05) is 29.8 Å². The van der Waals surface area contributed by atoms with Gasteiger partial charge in [0.2, 0.25) is 0 Å². The molecule has 2 aromatic carbocycles. The zero-order valence-electron chi connectivity index (χ0n) is 16.2. The van der Waals surface area contributed by atoms with Gasteiger partial charge in [0.1, 0.15) is 0 Å². The summed E-state index contributed by atoms with van der Waals surface area (Å²) in [4.78, 5) is 22.7. The molecule has 0 radical (unpaired) electrons. The number of benzene rings is 2. The summed E-state index contributed by atoms with van der Waals surface area (Å²) < 4.78 is 40.2. The van der Waals surface area contributed by atoms with E-state index in [0.717, 1.165) is 17.7 Å². The van der Waals surface area contributed by atoms with Crippen LogP contribution in [0.5, 0.6) is 0 Å². The Morgan fingerprint density at radius 1 is 0.967 bits per heavy atom. The van der Waals surface area contributed by atoms with Crippen molar-refractivity contribution in [3.05, 3.63) is 83.8 Å². The Bertz CT molecular complexity index is 1210. The van der Waals surface area contributed by atoms with Gasteiger partial charge >= 0.3 is 6.18 Å². The van der Waals surface area contributed by atoms with Crippen LogP contribution in [0.15, 0.2) is 67.1 Å². The summed E-state index contributed by atoms with van der Waals surface area (Å²) in [5.74, 6) is 0.164. The summed E-state index contributed by atoms with van der Waals surface area (Å²) in [5, 5.41) is 0. The molecule has 2 heterocycles. The van der Waals surface area contributed by atoms with E-state index < -0.39 is 11.7 Å². The number of amides is 1. The van der Waals surface area contributed by atoms with E-state index in [0.29, 0.717) is 28.3 Å². The molecule has 0 atom stereocenters. The monoisotopic (exact) mass is 410 g/mol. The molecular formula is C22H17F3N4O. The van der Waals surface area contributed by atoms with E-state index in [1.54, 1.807) is 36.0 Å². The molecule has 0 fully saturated rings. The van der Waals surface area contributed by atoms with Gasteiger partial charge in [0.25, 0.3) is 5.91 Å². The van der Waals surface area contributed by atoms with E-state index in [9.17, 15) is 18.0 Å². The maximum absolute atomic E-state index is 12.8. The lowest BCUT2D eigenvalue weighted by Crippen LogP contribution is -2.27. The van der Waals surface area contributed by atoms with Gasteiger partial charge in [-0.15, -0.1) is 0 Å². The van der Waals surface area contributed by atoms with Crippen LogP contribution in [-0.4, -0.2) is 27.3 Å². The van der Waals surface area contributed by atoms with Crippen LogP contribution in [0.4, 0.5) is 19.0 Å². The molecule has 0 saturated heterocycles. The number of fused-ring (bicyclic) bond motifs is 1. The quantitative estimate of drug-likeness (QED) is 0.478. The number of carbonyl (C=O) groups is 1. The molecule has 0 aliphatic rings. The van der Waals surface area contributed by atoms with Crippen LogP contribution in [0.1, 0.15) is 21.5 Å². The maximum Gasteiger partial charge on any atom is 0.416 e. The van der Waals surface area contributed by atoms with Crippen molar-refractivity contribution in [1.82, 2.24) is 14.4 Å². The van der Waals surface area contributed by atoms with Gasteiger partial charge in [-0.2, -0.15) is 13.2 Å². The molecule has 0 saturated carbocycles. The third kappa shape index (κ3) is 3.63. The summed E-state index contributed by atoms with van der Waals surface area (Å²) in [6, 6.07) is 12.1. The van der Waals surface area contributed by atoms with Crippen LogP contribution in [-0.2, 0) is 6.18 Å². The highest BCUT2D eigenvalue weighted by atomic mass is 19.4. The van der Waals surface area contributed by atoms with Crippen LogP contribution in [0, 0.1) is 6.92 Å². The molecule has 0 N–H and O–H groups in total. The molecule has 4 rings (SSSR count). The number of aromatic nitrogens is 3. The Hall–Kier alpha value is -3.68. The topological polar surface area (TPSA) is 50.5 Å². The zero-order chi connectivity index (χ0) is 21.5. The third-order valence-corrected chi connectivity index (χ3v) is 4.84. The van der Waals surface area contributed by atoms with Gasteiger partial charge in [-0.05, 0) is 31.2 Å². The number of hydrogen-bond donors (Lipinski definition) is 0. The summed E-state index contributed by atoms with van der Waals surface area (Å²) in [6.07, 6.45) is 0.322. The molecule has 0 aliphatic heterocycles. The van der Waals surface area contributed by atoms with Gasteiger partial charge in [0, 0.05) is 18.2 Å². The SMILES string of the molecule is Cc1ccc(C(=O)N(C)c2cn3c(-c4ccc(C(F)(F)F)cc4)cnc3cn2)cc1. The Balaban J connectivity index is 1.69. The zero-order valence-corrected chi connectivity index (χ0v) is 16.2. The lowest BCUT2D eigenvalue weighted by molar-refractivity contribution is -0.137. The first-order chi connectivity index (χ1) is 14.2. The predicted octanol–water partition coefficient (Wildman–Crippen LogP) is 5.00. The number of alkyl halides is 3. The standard InChI is InChI=1S/C22H17F3N4O/c1-14-3-5-16(6-4-14)21(30)28(2)20-13-29-18(11-26-19(29)12-27-20)15-7-9-17(10-8-15)22(23,24)25/h3-13H,1-2H3. The number of halogens is 3. The van der Waals surface area contributed by atoms with Crippen molar-refractivity contribution in [1.29, 1.82) is 0 Å². The Kier molecular flexibility index (Phi) is 4.77. The van der Waals surface area contributed by atoms with E-state index >= 15 is 0 Å². The minimum absolute atomic E-state index is 0.224. The molecule has 5 nitrogen and oxygen atoms in total. The number of aryl methyl sites for hydroxylation is 1. The van der Waals surface area contributed by atoms with Gasteiger partial charge in [0.15, 0.2) is 11.5 Å². The van der Waals surface area contributed by atoms with Crippen molar-refractivity contribution in [2.45, 2.75) is 13.1 Å². The summed E-state index contributed by atoms with van der Waals surface area (Å²) in [5.41, 5.74) is 2.54. The average Bonchev–Trinajstić information content (AvgIpc) is 3.16. The van der Waals surface area contributed by atoms with Crippen LogP contribution >= 0.6 is 0 Å². The molecule has 0 aliphatic carbocycles. The van der Waals surface area contributed by atoms with E-state index in [1.807, 2.05) is 19.1 Å².